The molecule has 14 heavy (non-hydrogen) atoms. The van der Waals surface area contributed by atoms with Crippen molar-refractivity contribution in [1.82, 2.24) is 0 Å². The summed E-state index contributed by atoms with van der Waals surface area (Å²) in [5.41, 5.74) is 3.48. The van der Waals surface area contributed by atoms with E-state index in [9.17, 15) is 0 Å². The Balaban J connectivity index is 1.54. The lowest BCUT2D eigenvalue weighted by Crippen LogP contribution is -1.83. The molecule has 0 aromatic heterocycles. The molecule has 0 bridgehead atoms. The minimum absolute atomic E-state index is 1.35. The lowest BCUT2D eigenvalue weighted by atomic mass is 10.0. The molecule has 0 aliphatic heterocycles. The molecule has 78 valence electrons. The van der Waals surface area contributed by atoms with Crippen LogP contribution in [-0.4, -0.2) is 0 Å². The smallest absolute Gasteiger partial charge is 0.0317 e. The van der Waals surface area contributed by atoms with Crippen LogP contribution in [0.1, 0.15) is 64.2 Å². The average molecular weight is 190 g/mol. The van der Waals surface area contributed by atoms with Gasteiger partial charge in [0.15, 0.2) is 0 Å². The van der Waals surface area contributed by atoms with Crippen LogP contribution in [0.2, 0.25) is 0 Å². The van der Waals surface area contributed by atoms with Gasteiger partial charge in [0.05, 0.1) is 0 Å². The Morgan fingerprint density at radius 2 is 1.29 bits per heavy atom. The molecule has 0 atom stereocenters. The molecule has 0 fully saturated rings. The topological polar surface area (TPSA) is 0 Å². The van der Waals surface area contributed by atoms with Gasteiger partial charge in [-0.05, 0) is 64.2 Å². The van der Waals surface area contributed by atoms with Crippen LogP contribution in [0.3, 0.4) is 0 Å². The quantitative estimate of drug-likeness (QED) is 0.433. The van der Waals surface area contributed by atoms with Gasteiger partial charge in [-0.1, -0.05) is 23.3 Å². The van der Waals surface area contributed by atoms with E-state index in [2.05, 4.69) is 12.2 Å². The molecular formula is C14H22. The average Bonchev–Trinajstić information content (AvgIpc) is 2.86. The molecule has 0 aromatic carbocycles. The van der Waals surface area contributed by atoms with Crippen LogP contribution in [0.5, 0.6) is 0 Å². The Bertz CT molecular complexity index is 206. The highest BCUT2D eigenvalue weighted by Crippen LogP contribution is 2.26. The van der Waals surface area contributed by atoms with Gasteiger partial charge in [-0.15, -0.1) is 0 Å². The first-order valence-electron chi connectivity index (χ1n) is 6.31. The molecule has 0 radical (unpaired) electrons. The molecule has 0 amide bonds. The zero-order valence-electron chi connectivity index (χ0n) is 9.23. The Morgan fingerprint density at radius 1 is 0.786 bits per heavy atom. The monoisotopic (exact) mass is 190 g/mol. The Labute approximate surface area is 88.1 Å². The van der Waals surface area contributed by atoms with Crippen molar-refractivity contribution in [3.05, 3.63) is 23.3 Å². The van der Waals surface area contributed by atoms with Gasteiger partial charge in [-0.3, -0.25) is 0 Å². The first kappa shape index (κ1) is 10.0. The molecule has 0 unspecified atom stereocenters. The largest absolute Gasteiger partial charge is 0.0853 e. The Morgan fingerprint density at radius 3 is 1.64 bits per heavy atom. The van der Waals surface area contributed by atoms with E-state index in [1.165, 1.54) is 64.2 Å². The summed E-state index contributed by atoms with van der Waals surface area (Å²) < 4.78 is 0. The SMILES string of the molecule is C1=C(CCCCC2=CCCC2)CCC1. The predicted octanol–water partition coefficient (Wildman–Crippen LogP) is 4.77. The minimum atomic E-state index is 1.35. The van der Waals surface area contributed by atoms with Gasteiger partial charge in [-0.25, -0.2) is 0 Å². The van der Waals surface area contributed by atoms with Crippen molar-refractivity contribution in [3.63, 3.8) is 0 Å². The van der Waals surface area contributed by atoms with Crippen LogP contribution >= 0.6 is 0 Å². The van der Waals surface area contributed by atoms with E-state index in [-0.39, 0.29) is 0 Å². The normalized spacial score (nSPS) is 21.1. The summed E-state index contributed by atoms with van der Waals surface area (Å²) in [5, 5.41) is 0. The molecule has 2 aliphatic rings. The number of hydrogen-bond donors (Lipinski definition) is 0. The molecule has 0 heteroatoms. The molecule has 0 spiro atoms. The predicted molar refractivity (Wildman–Crippen MR) is 62.3 cm³/mol. The van der Waals surface area contributed by atoms with E-state index in [1.54, 1.807) is 11.1 Å². The van der Waals surface area contributed by atoms with Crippen molar-refractivity contribution in [1.29, 1.82) is 0 Å². The highest BCUT2D eigenvalue weighted by atomic mass is 14.1. The lowest BCUT2D eigenvalue weighted by Gasteiger charge is -2.03. The number of hydrogen-bond acceptors (Lipinski definition) is 0. The highest BCUT2D eigenvalue weighted by molar-refractivity contribution is 5.09. The van der Waals surface area contributed by atoms with E-state index in [0.29, 0.717) is 0 Å². The summed E-state index contributed by atoms with van der Waals surface area (Å²) in [6, 6.07) is 0. The maximum absolute atomic E-state index is 2.47. The summed E-state index contributed by atoms with van der Waals surface area (Å²) >= 11 is 0. The van der Waals surface area contributed by atoms with Crippen molar-refractivity contribution in [2.75, 3.05) is 0 Å². The third kappa shape index (κ3) is 3.01. The fourth-order valence-corrected chi connectivity index (χ4v) is 2.63. The Kier molecular flexibility index (Phi) is 3.85. The van der Waals surface area contributed by atoms with Gasteiger partial charge in [-0.2, -0.15) is 0 Å². The standard InChI is InChI=1S/C14H22/c1-2-8-13(7-1)11-5-6-12-14-9-3-4-10-14/h7,9H,1-6,8,10-12H2. The van der Waals surface area contributed by atoms with E-state index in [0.717, 1.165) is 0 Å². The van der Waals surface area contributed by atoms with Crippen LogP contribution in [0.15, 0.2) is 23.3 Å². The van der Waals surface area contributed by atoms with Gasteiger partial charge in [0, 0.05) is 0 Å². The van der Waals surface area contributed by atoms with Crippen molar-refractivity contribution < 1.29 is 0 Å². The van der Waals surface area contributed by atoms with Crippen LogP contribution in [0.25, 0.3) is 0 Å². The first-order chi connectivity index (χ1) is 6.95. The Hall–Kier alpha value is -0.520. The van der Waals surface area contributed by atoms with Gasteiger partial charge in [0.25, 0.3) is 0 Å². The van der Waals surface area contributed by atoms with E-state index in [1.807, 2.05) is 0 Å². The van der Waals surface area contributed by atoms with Crippen LogP contribution in [0, 0.1) is 0 Å². The van der Waals surface area contributed by atoms with Crippen LogP contribution < -0.4 is 0 Å². The van der Waals surface area contributed by atoms with Crippen LogP contribution in [-0.2, 0) is 0 Å². The maximum Gasteiger partial charge on any atom is -0.0317 e. The maximum atomic E-state index is 2.47. The zero-order valence-corrected chi connectivity index (χ0v) is 9.23. The van der Waals surface area contributed by atoms with Crippen molar-refractivity contribution in [2.45, 2.75) is 64.2 Å². The second-order valence-electron chi connectivity index (χ2n) is 4.72. The molecule has 0 N–H and O–H groups in total. The molecule has 0 saturated carbocycles. The molecule has 0 saturated heterocycles. The lowest BCUT2D eigenvalue weighted by molar-refractivity contribution is 0.699. The van der Waals surface area contributed by atoms with Gasteiger partial charge >= 0.3 is 0 Å². The van der Waals surface area contributed by atoms with Gasteiger partial charge in [0.2, 0.25) is 0 Å². The molecule has 0 nitrogen and oxygen atoms in total. The van der Waals surface area contributed by atoms with Crippen molar-refractivity contribution in [3.8, 4) is 0 Å². The summed E-state index contributed by atoms with van der Waals surface area (Å²) in [5.74, 6) is 0. The van der Waals surface area contributed by atoms with Crippen molar-refractivity contribution >= 4 is 0 Å². The number of allylic oxidation sites excluding steroid dienone is 4. The second kappa shape index (κ2) is 5.38. The molecule has 2 rings (SSSR count). The summed E-state index contributed by atoms with van der Waals surface area (Å²) in [4.78, 5) is 0. The second-order valence-corrected chi connectivity index (χ2v) is 4.72. The minimum Gasteiger partial charge on any atom is -0.0853 e. The first-order valence-corrected chi connectivity index (χ1v) is 6.31. The molecule has 0 aromatic rings. The number of rotatable bonds is 5. The van der Waals surface area contributed by atoms with E-state index < -0.39 is 0 Å². The highest BCUT2D eigenvalue weighted by Gasteiger charge is 2.06. The van der Waals surface area contributed by atoms with Crippen LogP contribution in [0.4, 0.5) is 0 Å². The fourth-order valence-electron chi connectivity index (χ4n) is 2.63. The summed E-state index contributed by atoms with van der Waals surface area (Å²) in [6.07, 6.45) is 18.9. The molecule has 2 aliphatic carbocycles. The molecule has 0 heterocycles. The summed E-state index contributed by atoms with van der Waals surface area (Å²) in [6.45, 7) is 0. The number of unbranched alkanes of at least 4 members (excludes halogenated alkanes) is 1. The van der Waals surface area contributed by atoms with Gasteiger partial charge in [0.1, 0.15) is 0 Å². The van der Waals surface area contributed by atoms with E-state index in [4.69, 9.17) is 0 Å². The fraction of sp³-hybridized carbons (Fsp3) is 0.714. The summed E-state index contributed by atoms with van der Waals surface area (Å²) in [7, 11) is 0. The van der Waals surface area contributed by atoms with Gasteiger partial charge < -0.3 is 0 Å². The molecular weight excluding hydrogens is 168 g/mol. The third-order valence-electron chi connectivity index (χ3n) is 3.52. The third-order valence-corrected chi connectivity index (χ3v) is 3.52. The zero-order chi connectivity index (χ0) is 9.64. The van der Waals surface area contributed by atoms with E-state index >= 15 is 0 Å². The van der Waals surface area contributed by atoms with Crippen molar-refractivity contribution in [2.24, 2.45) is 0 Å².